The number of carbonyl (C=O) groups is 1. The van der Waals surface area contributed by atoms with E-state index in [-0.39, 0.29) is 5.91 Å². The number of thiazole rings is 1. The summed E-state index contributed by atoms with van der Waals surface area (Å²) in [5, 5.41) is 5.50. The van der Waals surface area contributed by atoms with Crippen molar-refractivity contribution in [1.82, 2.24) is 19.6 Å². The molecule has 1 N–H and O–H groups in total. The number of amides is 1. The largest absolute Gasteiger partial charge is 0.380 e. The lowest BCUT2D eigenvalue weighted by atomic mass is 10.1. The van der Waals surface area contributed by atoms with Gasteiger partial charge >= 0.3 is 0 Å². The van der Waals surface area contributed by atoms with Gasteiger partial charge in [-0.15, -0.1) is 11.3 Å². The second-order valence-corrected chi connectivity index (χ2v) is 7.74. The number of imidazole rings is 1. The number of fused-ring (bicyclic) bond motifs is 1. The van der Waals surface area contributed by atoms with Gasteiger partial charge in [0.05, 0.1) is 12.3 Å². The summed E-state index contributed by atoms with van der Waals surface area (Å²) in [6, 6.07) is 10.6. The summed E-state index contributed by atoms with van der Waals surface area (Å²) in [5.74, 6) is -0.0266. The Morgan fingerprint density at radius 3 is 3.04 bits per heavy atom. The lowest BCUT2D eigenvalue weighted by molar-refractivity contribution is 0.0790. The maximum absolute atomic E-state index is 13.1. The minimum atomic E-state index is -0.0266. The molecule has 1 atom stereocenters. The molecule has 1 aliphatic rings. The van der Waals surface area contributed by atoms with Crippen LogP contribution in [0.5, 0.6) is 0 Å². The normalized spacial score (nSPS) is 16.9. The van der Waals surface area contributed by atoms with Crippen molar-refractivity contribution in [2.75, 3.05) is 26.8 Å². The SMILES string of the molecule is CN(CCc1ccccc1)C(=O)c1nc2sccn2c1CN[C@H]1CCOC1. The van der Waals surface area contributed by atoms with E-state index in [1.807, 2.05) is 41.2 Å². The third-order valence-corrected chi connectivity index (χ3v) is 5.73. The summed E-state index contributed by atoms with van der Waals surface area (Å²) in [6.07, 6.45) is 3.82. The van der Waals surface area contributed by atoms with E-state index >= 15 is 0 Å². The number of aromatic nitrogens is 2. The van der Waals surface area contributed by atoms with Crippen molar-refractivity contribution in [3.05, 3.63) is 58.9 Å². The quantitative estimate of drug-likeness (QED) is 0.680. The zero-order valence-electron chi connectivity index (χ0n) is 15.4. The Morgan fingerprint density at radius 1 is 1.41 bits per heavy atom. The number of nitrogens with zero attached hydrogens (tertiary/aromatic N) is 3. The van der Waals surface area contributed by atoms with Gasteiger partial charge in [-0.05, 0) is 18.4 Å². The van der Waals surface area contributed by atoms with Gasteiger partial charge in [0.25, 0.3) is 5.91 Å². The number of benzene rings is 1. The fourth-order valence-corrected chi connectivity index (χ4v) is 4.07. The highest BCUT2D eigenvalue weighted by Gasteiger charge is 2.24. The fourth-order valence-electron chi connectivity index (χ4n) is 3.33. The minimum Gasteiger partial charge on any atom is -0.380 e. The zero-order valence-corrected chi connectivity index (χ0v) is 16.2. The minimum absolute atomic E-state index is 0.0266. The highest BCUT2D eigenvalue weighted by atomic mass is 32.1. The number of likely N-dealkylation sites (N-methyl/N-ethyl adjacent to an activating group) is 1. The summed E-state index contributed by atoms with van der Waals surface area (Å²) in [4.78, 5) is 20.3. The molecule has 4 rings (SSSR count). The lowest BCUT2D eigenvalue weighted by Gasteiger charge is -2.17. The van der Waals surface area contributed by atoms with Gasteiger partial charge < -0.3 is 15.0 Å². The highest BCUT2D eigenvalue weighted by Crippen LogP contribution is 2.19. The molecule has 3 heterocycles. The molecule has 0 unspecified atom stereocenters. The standard InChI is InChI=1S/C20H24N4O2S/c1-23(9-7-15-5-3-2-4-6-15)19(25)18-17(13-21-16-8-11-26-14-16)24-10-12-27-20(24)22-18/h2-6,10,12,16,21H,7-9,11,13-14H2,1H3/t16-/m0/s1. The van der Waals surface area contributed by atoms with Crippen molar-refractivity contribution in [3.8, 4) is 0 Å². The van der Waals surface area contributed by atoms with Gasteiger partial charge in [-0.25, -0.2) is 4.98 Å². The van der Waals surface area contributed by atoms with Gasteiger partial charge in [-0.3, -0.25) is 9.20 Å². The van der Waals surface area contributed by atoms with Crippen molar-refractivity contribution in [2.24, 2.45) is 0 Å². The monoisotopic (exact) mass is 384 g/mol. The molecule has 0 aliphatic carbocycles. The molecule has 0 bridgehead atoms. The third kappa shape index (κ3) is 4.05. The van der Waals surface area contributed by atoms with Crippen molar-refractivity contribution in [1.29, 1.82) is 0 Å². The Bertz CT molecular complexity index is 899. The molecule has 6 nitrogen and oxygen atoms in total. The van der Waals surface area contributed by atoms with Crippen LogP contribution in [0.4, 0.5) is 0 Å². The maximum atomic E-state index is 13.1. The molecule has 0 radical (unpaired) electrons. The molecular formula is C20H24N4O2S. The zero-order chi connectivity index (χ0) is 18.6. The first-order valence-electron chi connectivity index (χ1n) is 9.27. The number of nitrogens with one attached hydrogen (secondary N) is 1. The predicted octanol–water partition coefficient (Wildman–Crippen LogP) is 2.59. The topological polar surface area (TPSA) is 58.9 Å². The molecule has 1 aromatic carbocycles. The van der Waals surface area contributed by atoms with Gasteiger partial charge in [-0.1, -0.05) is 30.3 Å². The van der Waals surface area contributed by atoms with Crippen LogP contribution in [0.2, 0.25) is 0 Å². The van der Waals surface area contributed by atoms with Gasteiger partial charge in [0.1, 0.15) is 0 Å². The van der Waals surface area contributed by atoms with Crippen LogP contribution in [0, 0.1) is 0 Å². The Hall–Kier alpha value is -2.22. The molecule has 1 amide bonds. The van der Waals surface area contributed by atoms with E-state index < -0.39 is 0 Å². The second-order valence-electron chi connectivity index (χ2n) is 6.87. The Labute approximate surface area is 162 Å². The molecular weight excluding hydrogens is 360 g/mol. The van der Waals surface area contributed by atoms with Crippen LogP contribution >= 0.6 is 11.3 Å². The van der Waals surface area contributed by atoms with Crippen molar-refractivity contribution in [2.45, 2.75) is 25.4 Å². The lowest BCUT2D eigenvalue weighted by Crippen LogP contribution is -2.32. The summed E-state index contributed by atoms with van der Waals surface area (Å²) in [7, 11) is 1.85. The average molecular weight is 385 g/mol. The predicted molar refractivity (Wildman–Crippen MR) is 106 cm³/mol. The molecule has 1 aliphatic heterocycles. The van der Waals surface area contributed by atoms with Crippen LogP contribution in [-0.4, -0.2) is 53.0 Å². The summed E-state index contributed by atoms with van der Waals surface area (Å²) >= 11 is 1.55. The number of ether oxygens (including phenoxy) is 1. The molecule has 3 aromatic rings. The number of rotatable bonds is 7. The first kappa shape index (κ1) is 18.2. The van der Waals surface area contributed by atoms with Crippen LogP contribution in [0.25, 0.3) is 4.96 Å². The third-order valence-electron chi connectivity index (χ3n) is 4.98. The van der Waals surface area contributed by atoms with Crippen molar-refractivity contribution >= 4 is 22.2 Å². The first-order valence-corrected chi connectivity index (χ1v) is 10.2. The average Bonchev–Trinajstić information content (AvgIpc) is 3.42. The van der Waals surface area contributed by atoms with Crippen molar-refractivity contribution in [3.63, 3.8) is 0 Å². The Balaban J connectivity index is 1.48. The summed E-state index contributed by atoms with van der Waals surface area (Å²) in [6.45, 7) is 2.80. The van der Waals surface area contributed by atoms with Crippen molar-refractivity contribution < 1.29 is 9.53 Å². The fraction of sp³-hybridized carbons (Fsp3) is 0.400. The van der Waals surface area contributed by atoms with Gasteiger partial charge in [0.2, 0.25) is 0 Å². The summed E-state index contributed by atoms with van der Waals surface area (Å²) < 4.78 is 7.45. The van der Waals surface area contributed by atoms with Crippen LogP contribution < -0.4 is 5.32 Å². The molecule has 7 heteroatoms. The molecule has 1 saturated heterocycles. The van der Waals surface area contributed by atoms with E-state index in [0.29, 0.717) is 24.8 Å². The molecule has 27 heavy (non-hydrogen) atoms. The van der Waals surface area contributed by atoms with E-state index in [1.54, 1.807) is 16.2 Å². The second kappa shape index (κ2) is 8.21. The molecule has 0 spiro atoms. The molecule has 142 valence electrons. The van der Waals surface area contributed by atoms with E-state index in [2.05, 4.69) is 22.4 Å². The number of hydrogen-bond acceptors (Lipinski definition) is 5. The Kier molecular flexibility index (Phi) is 5.52. The van der Waals surface area contributed by atoms with Crippen LogP contribution in [0.3, 0.4) is 0 Å². The van der Waals surface area contributed by atoms with Crippen LogP contribution in [0.1, 0.15) is 28.2 Å². The summed E-state index contributed by atoms with van der Waals surface area (Å²) in [5.41, 5.74) is 2.70. The van der Waals surface area contributed by atoms with E-state index in [9.17, 15) is 4.79 Å². The number of carbonyl (C=O) groups excluding carboxylic acids is 1. The van der Waals surface area contributed by atoms with E-state index in [4.69, 9.17) is 4.74 Å². The van der Waals surface area contributed by atoms with E-state index in [0.717, 1.165) is 36.7 Å². The first-order chi connectivity index (χ1) is 13.2. The van der Waals surface area contributed by atoms with Gasteiger partial charge in [0, 0.05) is 44.4 Å². The number of hydrogen-bond donors (Lipinski definition) is 1. The Morgan fingerprint density at radius 2 is 2.26 bits per heavy atom. The maximum Gasteiger partial charge on any atom is 0.274 e. The van der Waals surface area contributed by atoms with E-state index in [1.165, 1.54) is 5.56 Å². The van der Waals surface area contributed by atoms with Crippen LogP contribution in [-0.2, 0) is 17.7 Å². The molecule has 0 saturated carbocycles. The smallest absolute Gasteiger partial charge is 0.274 e. The van der Waals surface area contributed by atoms with Crippen LogP contribution in [0.15, 0.2) is 41.9 Å². The van der Waals surface area contributed by atoms with Gasteiger partial charge in [-0.2, -0.15) is 0 Å². The highest BCUT2D eigenvalue weighted by molar-refractivity contribution is 7.15. The molecule has 2 aromatic heterocycles. The van der Waals surface area contributed by atoms with Gasteiger partial charge in [0.15, 0.2) is 10.7 Å². The molecule has 1 fully saturated rings.